The number of fused-ring (bicyclic) bond motifs is 1. The molecule has 1 aliphatic heterocycles. The van der Waals surface area contributed by atoms with E-state index in [9.17, 15) is 14.7 Å². The second kappa shape index (κ2) is 6.43. The highest BCUT2D eigenvalue weighted by Crippen LogP contribution is 2.38. The Balaban J connectivity index is 1.81. The van der Waals surface area contributed by atoms with Crippen molar-refractivity contribution in [3.05, 3.63) is 30.0 Å². The van der Waals surface area contributed by atoms with E-state index in [2.05, 4.69) is 4.98 Å². The molecule has 0 aliphatic carbocycles. The molecular weight excluding hydrogens is 320 g/mol. The smallest absolute Gasteiger partial charge is 0.311 e. The van der Waals surface area contributed by atoms with E-state index in [1.807, 2.05) is 38.2 Å². The highest BCUT2D eigenvalue weighted by atomic mass is 16.5. The van der Waals surface area contributed by atoms with Crippen molar-refractivity contribution in [2.24, 2.45) is 11.3 Å². The van der Waals surface area contributed by atoms with Gasteiger partial charge < -0.3 is 19.7 Å². The van der Waals surface area contributed by atoms with Crippen LogP contribution in [0, 0.1) is 11.3 Å². The summed E-state index contributed by atoms with van der Waals surface area (Å²) >= 11 is 0. The van der Waals surface area contributed by atoms with Crippen molar-refractivity contribution in [3.8, 4) is 5.75 Å². The number of carboxylic acid groups (broad SMARTS) is 1. The second-order valence-corrected chi connectivity index (χ2v) is 7.05. The highest BCUT2D eigenvalue weighted by molar-refractivity contribution is 5.93. The van der Waals surface area contributed by atoms with E-state index in [4.69, 9.17) is 4.74 Å². The number of rotatable bonds is 5. The number of carboxylic acids is 1. The lowest BCUT2D eigenvalue weighted by molar-refractivity contribution is -0.151. The van der Waals surface area contributed by atoms with Gasteiger partial charge in [0.2, 0.25) is 5.91 Å². The van der Waals surface area contributed by atoms with E-state index in [1.165, 1.54) is 0 Å². The van der Waals surface area contributed by atoms with Crippen LogP contribution in [0.2, 0.25) is 0 Å². The molecule has 134 valence electrons. The van der Waals surface area contributed by atoms with Crippen LogP contribution >= 0.6 is 0 Å². The predicted molar refractivity (Wildman–Crippen MR) is 94.7 cm³/mol. The van der Waals surface area contributed by atoms with Crippen LogP contribution in [0.5, 0.6) is 5.75 Å². The first-order valence-corrected chi connectivity index (χ1v) is 8.53. The lowest BCUT2D eigenvalue weighted by atomic mass is 9.76. The molecule has 1 unspecified atom stereocenters. The highest BCUT2D eigenvalue weighted by Gasteiger charge is 2.48. The first kappa shape index (κ1) is 17.3. The lowest BCUT2D eigenvalue weighted by Crippen LogP contribution is -2.41. The molecule has 1 fully saturated rings. The number of H-pyrrole nitrogens is 1. The molecule has 2 aromatic rings. The monoisotopic (exact) mass is 344 g/mol. The fraction of sp³-hybridized carbons (Fsp3) is 0.474. The number of likely N-dealkylation sites (tertiary alicyclic amines) is 1. The molecule has 0 saturated carbocycles. The molecule has 2 heterocycles. The summed E-state index contributed by atoms with van der Waals surface area (Å²) in [5.74, 6) is -0.150. The Morgan fingerprint density at radius 1 is 1.40 bits per heavy atom. The van der Waals surface area contributed by atoms with Crippen molar-refractivity contribution >= 4 is 22.8 Å². The Bertz CT molecular complexity index is 811. The maximum absolute atomic E-state index is 12.8. The first-order valence-electron chi connectivity index (χ1n) is 8.53. The third-order valence-electron chi connectivity index (χ3n) is 5.50. The first-order chi connectivity index (χ1) is 11.9. The van der Waals surface area contributed by atoms with E-state index in [0.717, 1.165) is 22.2 Å². The average Bonchev–Trinajstić information content (AvgIpc) is 3.20. The third-order valence-corrected chi connectivity index (χ3v) is 5.50. The molecule has 1 amide bonds. The van der Waals surface area contributed by atoms with Gasteiger partial charge in [0.05, 0.1) is 18.9 Å². The van der Waals surface area contributed by atoms with E-state index in [0.29, 0.717) is 13.0 Å². The van der Waals surface area contributed by atoms with Gasteiger partial charge in [0.15, 0.2) is 0 Å². The van der Waals surface area contributed by atoms with Crippen molar-refractivity contribution in [3.63, 3.8) is 0 Å². The van der Waals surface area contributed by atoms with Gasteiger partial charge in [-0.1, -0.05) is 19.9 Å². The van der Waals surface area contributed by atoms with Crippen LogP contribution in [0.3, 0.4) is 0 Å². The molecule has 1 saturated heterocycles. The van der Waals surface area contributed by atoms with Gasteiger partial charge >= 0.3 is 5.97 Å². The van der Waals surface area contributed by atoms with Gasteiger partial charge in [-0.05, 0) is 30.0 Å². The number of carbonyl (C=O) groups is 2. The summed E-state index contributed by atoms with van der Waals surface area (Å²) < 4.78 is 5.41. The molecular formula is C19H24N2O4. The third kappa shape index (κ3) is 2.86. The Kier molecular flexibility index (Phi) is 4.45. The number of nitrogens with zero attached hydrogens (tertiary/aromatic N) is 1. The van der Waals surface area contributed by atoms with E-state index in [-0.39, 0.29) is 24.8 Å². The molecule has 0 bridgehead atoms. The van der Waals surface area contributed by atoms with Gasteiger partial charge in [-0.15, -0.1) is 0 Å². The van der Waals surface area contributed by atoms with Gasteiger partial charge in [0, 0.05) is 30.2 Å². The van der Waals surface area contributed by atoms with Crippen LogP contribution in [0.4, 0.5) is 0 Å². The van der Waals surface area contributed by atoms with Crippen LogP contribution in [0.15, 0.2) is 24.4 Å². The van der Waals surface area contributed by atoms with Gasteiger partial charge in [0.1, 0.15) is 5.75 Å². The van der Waals surface area contributed by atoms with Crippen molar-refractivity contribution in [1.29, 1.82) is 0 Å². The molecule has 2 N–H and O–H groups in total. The number of benzene rings is 1. The zero-order chi connectivity index (χ0) is 18.2. The number of methoxy groups -OCH3 is 1. The van der Waals surface area contributed by atoms with Gasteiger partial charge in [-0.25, -0.2) is 0 Å². The number of nitrogens with one attached hydrogen (secondary N) is 1. The van der Waals surface area contributed by atoms with Gasteiger partial charge in [-0.3, -0.25) is 9.59 Å². The number of aromatic amines is 1. The number of hydrogen-bond acceptors (Lipinski definition) is 3. The Hall–Kier alpha value is -2.50. The number of aromatic nitrogens is 1. The zero-order valence-corrected chi connectivity index (χ0v) is 14.8. The molecule has 3 rings (SSSR count). The maximum atomic E-state index is 12.8. The minimum absolute atomic E-state index is 0.0176. The molecule has 25 heavy (non-hydrogen) atoms. The summed E-state index contributed by atoms with van der Waals surface area (Å²) in [7, 11) is 1.61. The maximum Gasteiger partial charge on any atom is 0.311 e. The van der Waals surface area contributed by atoms with Crippen LogP contribution in [-0.2, 0) is 16.0 Å². The molecule has 1 aliphatic rings. The van der Waals surface area contributed by atoms with E-state index in [1.54, 1.807) is 12.0 Å². The molecule has 0 spiro atoms. The summed E-state index contributed by atoms with van der Waals surface area (Å²) in [4.78, 5) is 29.4. The topological polar surface area (TPSA) is 82.6 Å². The summed E-state index contributed by atoms with van der Waals surface area (Å²) in [5.41, 5.74) is 0.952. The summed E-state index contributed by atoms with van der Waals surface area (Å²) in [5, 5.41) is 10.5. The van der Waals surface area contributed by atoms with Crippen LogP contribution in [-0.4, -0.2) is 47.1 Å². The summed E-state index contributed by atoms with van der Waals surface area (Å²) in [6, 6.07) is 5.71. The number of hydrogen-bond donors (Lipinski definition) is 2. The lowest BCUT2D eigenvalue weighted by Gasteiger charge is -2.28. The second-order valence-electron chi connectivity index (χ2n) is 7.05. The van der Waals surface area contributed by atoms with E-state index >= 15 is 0 Å². The summed E-state index contributed by atoms with van der Waals surface area (Å²) in [6.45, 7) is 4.58. The SMILES string of the molecule is COc1cccc2[nH]cc(CC(=O)N3CCC(C(=O)O)(C(C)C)C3)c12. The molecule has 1 aromatic carbocycles. The summed E-state index contributed by atoms with van der Waals surface area (Å²) in [6.07, 6.45) is 2.56. The minimum atomic E-state index is -0.840. The van der Waals surface area contributed by atoms with Gasteiger partial charge in [-0.2, -0.15) is 0 Å². The Labute approximate surface area is 146 Å². The molecule has 1 aromatic heterocycles. The normalized spacial score (nSPS) is 20.4. The Morgan fingerprint density at radius 2 is 2.16 bits per heavy atom. The van der Waals surface area contributed by atoms with Gasteiger partial charge in [0.25, 0.3) is 0 Å². The predicted octanol–water partition coefficient (Wildman–Crippen LogP) is 2.68. The number of ether oxygens (including phenoxy) is 1. The van der Waals surface area contributed by atoms with Crippen LogP contribution < -0.4 is 4.74 Å². The van der Waals surface area contributed by atoms with Crippen LogP contribution in [0.25, 0.3) is 10.9 Å². The van der Waals surface area contributed by atoms with Crippen molar-refractivity contribution < 1.29 is 19.4 Å². The van der Waals surface area contributed by atoms with Crippen LogP contribution in [0.1, 0.15) is 25.8 Å². The fourth-order valence-electron chi connectivity index (χ4n) is 3.74. The minimum Gasteiger partial charge on any atom is -0.496 e. The average molecular weight is 344 g/mol. The molecule has 0 radical (unpaired) electrons. The zero-order valence-electron chi connectivity index (χ0n) is 14.8. The Morgan fingerprint density at radius 3 is 2.76 bits per heavy atom. The quantitative estimate of drug-likeness (QED) is 0.873. The number of aliphatic carboxylic acids is 1. The van der Waals surface area contributed by atoms with Crippen molar-refractivity contribution in [1.82, 2.24) is 9.88 Å². The van der Waals surface area contributed by atoms with Crippen molar-refractivity contribution in [2.75, 3.05) is 20.2 Å². The molecule has 6 nitrogen and oxygen atoms in total. The standard InChI is InChI=1S/C19H24N2O4/c1-12(2)19(18(23)24)7-8-21(11-19)16(22)9-13-10-20-14-5-4-6-15(25-3)17(13)14/h4-6,10,12,20H,7-9,11H2,1-3H3,(H,23,24). The van der Waals surface area contributed by atoms with E-state index < -0.39 is 11.4 Å². The molecule has 1 atom stereocenters. The molecule has 6 heteroatoms. The number of carbonyl (C=O) groups excluding carboxylic acids is 1. The largest absolute Gasteiger partial charge is 0.496 e. The van der Waals surface area contributed by atoms with Crippen molar-refractivity contribution in [2.45, 2.75) is 26.7 Å². The number of amides is 1. The fourth-order valence-corrected chi connectivity index (χ4v) is 3.74.